The molecule has 0 fully saturated rings. The van der Waals surface area contributed by atoms with E-state index in [0.29, 0.717) is 39.9 Å². The molecule has 0 unspecified atom stereocenters. The number of aryl methyl sites for hydroxylation is 2. The van der Waals surface area contributed by atoms with Crippen molar-refractivity contribution in [3.05, 3.63) is 76.8 Å². The summed E-state index contributed by atoms with van der Waals surface area (Å²) in [5.74, 6) is 0.209. The van der Waals surface area contributed by atoms with Crippen molar-refractivity contribution < 1.29 is 19.7 Å². The molecule has 3 aromatic carbocycles. The number of carbonyl (C=O) groups excluding carboxylic acids is 1. The minimum Gasteiger partial charge on any atom is -0.508 e. The van der Waals surface area contributed by atoms with Crippen molar-refractivity contribution in [1.82, 2.24) is 0 Å². The maximum atomic E-state index is 11.6. The third kappa shape index (κ3) is 5.07. The second-order valence-corrected chi connectivity index (χ2v) is 8.62. The first-order chi connectivity index (χ1) is 15.4. The fourth-order valence-corrected chi connectivity index (χ4v) is 4.33. The van der Waals surface area contributed by atoms with E-state index in [0.717, 1.165) is 15.6 Å². The first kappa shape index (κ1) is 21.8. The minimum atomic E-state index is -0.441. The maximum Gasteiger partial charge on any atom is 0.308 e. The van der Waals surface area contributed by atoms with Gasteiger partial charge in [0.05, 0.1) is 5.69 Å². The number of azo groups is 1. The zero-order chi connectivity index (χ0) is 22.7. The summed E-state index contributed by atoms with van der Waals surface area (Å²) in [6, 6.07) is 17.4. The molecule has 162 valence electrons. The topological polar surface area (TPSA) is 91.5 Å². The maximum absolute atomic E-state index is 11.6. The summed E-state index contributed by atoms with van der Waals surface area (Å²) in [6.45, 7) is 1.34. The van der Waals surface area contributed by atoms with Gasteiger partial charge in [-0.25, -0.2) is 0 Å². The fourth-order valence-electron chi connectivity index (χ4n) is 3.23. The number of hydrogen-bond donors (Lipinski definition) is 2. The summed E-state index contributed by atoms with van der Waals surface area (Å²) >= 11 is 7.45. The summed E-state index contributed by atoms with van der Waals surface area (Å²) in [5.41, 5.74) is 2.40. The number of phenolic OH excluding ortho intramolecular Hbond substituents is 2. The number of fused-ring (bicyclic) bond motifs is 1. The normalized spacial score (nSPS) is 11.3. The van der Waals surface area contributed by atoms with Crippen LogP contribution in [0.5, 0.6) is 17.2 Å². The van der Waals surface area contributed by atoms with Crippen LogP contribution in [-0.4, -0.2) is 16.2 Å². The number of phenols is 2. The van der Waals surface area contributed by atoms with Gasteiger partial charge in [0.1, 0.15) is 11.5 Å². The number of rotatable bonds is 6. The van der Waals surface area contributed by atoms with Gasteiger partial charge in [-0.3, -0.25) is 4.79 Å². The lowest BCUT2D eigenvalue weighted by atomic mass is 10.0. The Morgan fingerprint density at radius 2 is 1.78 bits per heavy atom. The van der Waals surface area contributed by atoms with Crippen molar-refractivity contribution in [2.75, 3.05) is 0 Å². The average molecular weight is 467 g/mol. The van der Waals surface area contributed by atoms with E-state index in [4.69, 9.17) is 16.3 Å². The van der Waals surface area contributed by atoms with Crippen LogP contribution in [0.3, 0.4) is 0 Å². The summed E-state index contributed by atoms with van der Waals surface area (Å²) < 4.78 is 6.27. The summed E-state index contributed by atoms with van der Waals surface area (Å²) in [6.07, 6.45) is 1.29. The first-order valence-corrected chi connectivity index (χ1v) is 11.0. The molecule has 6 nitrogen and oxygen atoms in total. The van der Waals surface area contributed by atoms with Crippen molar-refractivity contribution in [2.45, 2.75) is 19.8 Å². The number of aromatic hydroxyl groups is 2. The molecular formula is C24H19ClN2O4S. The smallest absolute Gasteiger partial charge is 0.308 e. The van der Waals surface area contributed by atoms with Crippen LogP contribution in [0.15, 0.2) is 70.9 Å². The quantitative estimate of drug-likeness (QED) is 0.180. The van der Waals surface area contributed by atoms with Crippen LogP contribution in [0.4, 0.5) is 10.7 Å². The lowest BCUT2D eigenvalue weighted by Crippen LogP contribution is -2.00. The van der Waals surface area contributed by atoms with E-state index in [9.17, 15) is 15.0 Å². The minimum absolute atomic E-state index is 0.130. The van der Waals surface area contributed by atoms with Crippen molar-refractivity contribution >= 4 is 49.7 Å². The molecule has 0 bridgehead atoms. The first-order valence-electron chi connectivity index (χ1n) is 9.81. The third-order valence-electron chi connectivity index (χ3n) is 4.77. The number of halogens is 1. The van der Waals surface area contributed by atoms with Crippen molar-refractivity contribution in [3.8, 4) is 17.2 Å². The molecule has 4 rings (SSSR count). The summed E-state index contributed by atoms with van der Waals surface area (Å²) in [7, 11) is 0. The van der Waals surface area contributed by atoms with Crippen molar-refractivity contribution in [2.24, 2.45) is 10.2 Å². The molecule has 0 atom stereocenters. The van der Waals surface area contributed by atoms with Crippen LogP contribution in [0.25, 0.3) is 10.1 Å². The van der Waals surface area contributed by atoms with Crippen molar-refractivity contribution in [3.63, 3.8) is 0 Å². The Labute approximate surface area is 193 Å². The van der Waals surface area contributed by atoms with Gasteiger partial charge in [0.15, 0.2) is 10.8 Å². The highest BCUT2D eigenvalue weighted by Gasteiger charge is 2.16. The molecule has 0 saturated heterocycles. The van der Waals surface area contributed by atoms with Crippen molar-refractivity contribution in [1.29, 1.82) is 0 Å². The van der Waals surface area contributed by atoms with E-state index in [1.807, 2.05) is 30.3 Å². The second kappa shape index (κ2) is 9.38. The Hall–Kier alpha value is -3.42. The van der Waals surface area contributed by atoms with Gasteiger partial charge in [0, 0.05) is 22.0 Å². The molecule has 4 aromatic rings. The summed E-state index contributed by atoms with van der Waals surface area (Å²) in [5, 5.41) is 29.8. The highest BCUT2D eigenvalue weighted by molar-refractivity contribution is 7.23. The Kier molecular flexibility index (Phi) is 6.39. The molecule has 0 aliphatic carbocycles. The van der Waals surface area contributed by atoms with Gasteiger partial charge in [0.25, 0.3) is 0 Å². The van der Waals surface area contributed by atoms with Gasteiger partial charge < -0.3 is 14.9 Å². The second-order valence-electron chi connectivity index (χ2n) is 7.15. The largest absolute Gasteiger partial charge is 0.508 e. The monoisotopic (exact) mass is 466 g/mol. The van der Waals surface area contributed by atoms with Gasteiger partial charge in [-0.15, -0.1) is 21.6 Å². The molecule has 0 aliphatic rings. The zero-order valence-electron chi connectivity index (χ0n) is 17.1. The lowest BCUT2D eigenvalue weighted by molar-refractivity contribution is -0.131. The Bertz CT molecular complexity index is 1320. The molecule has 1 heterocycles. The molecular weight excluding hydrogens is 448 g/mol. The van der Waals surface area contributed by atoms with E-state index in [1.165, 1.54) is 30.4 Å². The van der Waals surface area contributed by atoms with E-state index in [-0.39, 0.29) is 11.5 Å². The van der Waals surface area contributed by atoms with E-state index >= 15 is 0 Å². The predicted molar refractivity (Wildman–Crippen MR) is 126 cm³/mol. The third-order valence-corrected chi connectivity index (χ3v) is 6.04. The SMILES string of the molecule is CC(=O)Oc1c(N=Nc2ccc(CCc3cc(O)ccc3O)cc2)sc2ccc(Cl)cc12. The zero-order valence-corrected chi connectivity index (χ0v) is 18.7. The molecule has 0 aliphatic heterocycles. The number of carbonyl (C=O) groups is 1. The molecule has 8 heteroatoms. The summed E-state index contributed by atoms with van der Waals surface area (Å²) in [4.78, 5) is 11.6. The number of benzene rings is 3. The van der Waals surface area contributed by atoms with Crippen LogP contribution < -0.4 is 4.74 Å². The van der Waals surface area contributed by atoms with Crippen LogP contribution in [0, 0.1) is 0 Å². The van der Waals surface area contributed by atoms with Gasteiger partial charge in [-0.1, -0.05) is 23.7 Å². The number of esters is 1. The number of nitrogens with zero attached hydrogens (tertiary/aromatic N) is 2. The van der Waals surface area contributed by atoms with Crippen LogP contribution >= 0.6 is 22.9 Å². The van der Waals surface area contributed by atoms with E-state index in [1.54, 1.807) is 18.2 Å². The van der Waals surface area contributed by atoms with Crippen LogP contribution in [-0.2, 0) is 17.6 Å². The molecule has 0 amide bonds. The van der Waals surface area contributed by atoms with Gasteiger partial charge >= 0.3 is 5.97 Å². The average Bonchev–Trinajstić information content (AvgIpc) is 3.09. The number of hydrogen-bond acceptors (Lipinski definition) is 7. The molecule has 2 N–H and O–H groups in total. The Morgan fingerprint density at radius 1 is 1.00 bits per heavy atom. The number of thiophene rings is 1. The predicted octanol–water partition coefficient (Wildman–Crippen LogP) is 7.09. The fraction of sp³-hybridized carbons (Fsp3) is 0.125. The molecule has 0 radical (unpaired) electrons. The Balaban J connectivity index is 1.51. The Morgan fingerprint density at radius 3 is 2.53 bits per heavy atom. The molecule has 32 heavy (non-hydrogen) atoms. The van der Waals surface area contributed by atoms with Gasteiger partial charge in [-0.05, 0) is 72.5 Å². The highest BCUT2D eigenvalue weighted by Crippen LogP contribution is 2.45. The lowest BCUT2D eigenvalue weighted by Gasteiger charge is -2.06. The van der Waals surface area contributed by atoms with Gasteiger partial charge in [0.2, 0.25) is 0 Å². The van der Waals surface area contributed by atoms with E-state index in [2.05, 4.69) is 10.2 Å². The standard InChI is InChI=1S/C24H19ClN2O4S/c1-14(28)31-23-20-13-17(25)6-11-22(20)32-24(23)27-26-18-7-3-15(4-8-18)2-5-16-12-19(29)9-10-21(16)30/h3-4,6-13,29-30H,2,5H2,1H3. The van der Waals surface area contributed by atoms with E-state index < -0.39 is 5.97 Å². The highest BCUT2D eigenvalue weighted by atomic mass is 35.5. The van der Waals surface area contributed by atoms with Crippen LogP contribution in [0.1, 0.15) is 18.1 Å². The van der Waals surface area contributed by atoms with Crippen LogP contribution in [0.2, 0.25) is 5.02 Å². The molecule has 0 saturated carbocycles. The number of ether oxygens (including phenoxy) is 1. The molecule has 0 spiro atoms. The molecule has 1 aromatic heterocycles. The van der Waals surface area contributed by atoms with Gasteiger partial charge in [-0.2, -0.15) is 0 Å².